The summed E-state index contributed by atoms with van der Waals surface area (Å²) in [4.78, 5) is 0. The first-order chi connectivity index (χ1) is 9.27. The van der Waals surface area contributed by atoms with Gasteiger partial charge in [-0.1, -0.05) is 81.7 Å². The fourth-order valence-corrected chi connectivity index (χ4v) is 2.67. The monoisotopic (exact) mass is 261 g/mol. The summed E-state index contributed by atoms with van der Waals surface area (Å²) in [5.41, 5.74) is 2.80. The molecular weight excluding hydrogens is 230 g/mol. The van der Waals surface area contributed by atoms with Crippen molar-refractivity contribution in [1.29, 1.82) is 0 Å². The molecule has 1 aromatic rings. The van der Waals surface area contributed by atoms with Crippen molar-refractivity contribution in [1.82, 2.24) is 5.32 Å². The van der Waals surface area contributed by atoms with Crippen LogP contribution in [0, 0.1) is 6.92 Å². The van der Waals surface area contributed by atoms with Crippen LogP contribution in [-0.2, 0) is 0 Å². The van der Waals surface area contributed by atoms with Gasteiger partial charge in [-0.2, -0.15) is 0 Å². The summed E-state index contributed by atoms with van der Waals surface area (Å²) >= 11 is 0. The third kappa shape index (κ3) is 6.77. The van der Waals surface area contributed by atoms with E-state index in [1.807, 2.05) is 0 Å². The zero-order chi connectivity index (χ0) is 13.9. The lowest BCUT2D eigenvalue weighted by molar-refractivity contribution is 0.495. The Labute approximate surface area is 119 Å². The predicted molar refractivity (Wildman–Crippen MR) is 85.6 cm³/mol. The smallest absolute Gasteiger partial charge is 0.0317 e. The second-order valence-electron chi connectivity index (χ2n) is 5.67. The van der Waals surface area contributed by atoms with Gasteiger partial charge < -0.3 is 5.32 Å². The molecule has 0 fully saturated rings. The quantitative estimate of drug-likeness (QED) is 0.556. The lowest BCUT2D eigenvalue weighted by atomic mass is 9.98. The second-order valence-corrected chi connectivity index (χ2v) is 5.67. The predicted octanol–water partition coefficient (Wildman–Crippen LogP) is 5.40. The molecule has 0 aromatic heterocycles. The van der Waals surface area contributed by atoms with E-state index < -0.39 is 0 Å². The van der Waals surface area contributed by atoms with Crippen LogP contribution in [0.15, 0.2) is 24.3 Å². The van der Waals surface area contributed by atoms with E-state index in [-0.39, 0.29) is 0 Å². The minimum Gasteiger partial charge on any atom is -0.313 e. The largest absolute Gasteiger partial charge is 0.313 e. The Morgan fingerprint density at radius 2 is 1.68 bits per heavy atom. The van der Waals surface area contributed by atoms with Crippen LogP contribution in [0.5, 0.6) is 0 Å². The van der Waals surface area contributed by atoms with Crippen molar-refractivity contribution >= 4 is 0 Å². The van der Waals surface area contributed by atoms with E-state index >= 15 is 0 Å². The molecular formula is C18H31N. The van der Waals surface area contributed by atoms with Gasteiger partial charge in [0.15, 0.2) is 0 Å². The number of aryl methyl sites for hydroxylation is 1. The van der Waals surface area contributed by atoms with Crippen LogP contribution in [0.4, 0.5) is 0 Å². The van der Waals surface area contributed by atoms with E-state index in [2.05, 4.69) is 50.5 Å². The Balaban J connectivity index is 2.22. The van der Waals surface area contributed by atoms with E-state index in [1.54, 1.807) is 0 Å². The van der Waals surface area contributed by atoms with E-state index in [0.29, 0.717) is 6.04 Å². The van der Waals surface area contributed by atoms with Crippen LogP contribution < -0.4 is 5.32 Å². The number of hydrogen-bond donors (Lipinski definition) is 1. The topological polar surface area (TPSA) is 12.0 Å². The third-order valence-corrected chi connectivity index (χ3v) is 3.89. The Morgan fingerprint density at radius 1 is 1.00 bits per heavy atom. The molecule has 1 aromatic carbocycles. The van der Waals surface area contributed by atoms with Gasteiger partial charge in [0.1, 0.15) is 0 Å². The Morgan fingerprint density at radius 3 is 2.32 bits per heavy atom. The van der Waals surface area contributed by atoms with Gasteiger partial charge in [0, 0.05) is 6.04 Å². The second kappa shape index (κ2) is 10.0. The van der Waals surface area contributed by atoms with Crippen LogP contribution in [-0.4, -0.2) is 7.05 Å². The molecule has 1 nitrogen and oxygen atoms in total. The van der Waals surface area contributed by atoms with Crippen LogP contribution in [0.25, 0.3) is 0 Å². The molecule has 108 valence electrons. The first-order valence-corrected chi connectivity index (χ1v) is 8.01. The highest BCUT2D eigenvalue weighted by atomic mass is 14.9. The Kier molecular flexibility index (Phi) is 8.57. The fourth-order valence-electron chi connectivity index (χ4n) is 2.67. The lowest BCUT2D eigenvalue weighted by Crippen LogP contribution is -2.16. The van der Waals surface area contributed by atoms with Gasteiger partial charge in [-0.05, 0) is 26.0 Å². The summed E-state index contributed by atoms with van der Waals surface area (Å²) in [6.07, 6.45) is 11.0. The molecule has 0 bridgehead atoms. The van der Waals surface area contributed by atoms with Crippen LogP contribution in [0.3, 0.4) is 0 Å². The number of rotatable bonds is 10. The van der Waals surface area contributed by atoms with Gasteiger partial charge in [-0.15, -0.1) is 0 Å². The summed E-state index contributed by atoms with van der Waals surface area (Å²) in [5.74, 6) is 0. The number of benzene rings is 1. The number of unbranched alkanes of at least 4 members (excludes halogenated alkanes) is 6. The molecule has 0 saturated carbocycles. The molecule has 1 N–H and O–H groups in total. The van der Waals surface area contributed by atoms with Crippen LogP contribution >= 0.6 is 0 Å². The molecule has 0 amide bonds. The summed E-state index contributed by atoms with van der Waals surface area (Å²) in [7, 11) is 2.08. The minimum absolute atomic E-state index is 0.524. The highest BCUT2D eigenvalue weighted by molar-refractivity contribution is 5.24. The normalized spacial score (nSPS) is 12.6. The molecule has 1 atom stereocenters. The molecule has 0 aliphatic rings. The van der Waals surface area contributed by atoms with Gasteiger partial charge in [0.25, 0.3) is 0 Å². The van der Waals surface area contributed by atoms with Gasteiger partial charge in [0.2, 0.25) is 0 Å². The van der Waals surface area contributed by atoms with E-state index in [1.165, 1.54) is 62.5 Å². The molecule has 0 radical (unpaired) electrons. The molecule has 19 heavy (non-hydrogen) atoms. The molecule has 0 spiro atoms. The fraction of sp³-hybridized carbons (Fsp3) is 0.667. The first kappa shape index (κ1) is 16.2. The zero-order valence-electron chi connectivity index (χ0n) is 13.0. The highest BCUT2D eigenvalue weighted by Crippen LogP contribution is 2.21. The third-order valence-electron chi connectivity index (χ3n) is 3.89. The van der Waals surface area contributed by atoms with Crippen molar-refractivity contribution in [2.24, 2.45) is 0 Å². The maximum absolute atomic E-state index is 3.46. The summed E-state index contributed by atoms with van der Waals surface area (Å²) in [5, 5.41) is 3.46. The Bertz CT molecular complexity index is 332. The molecule has 1 rings (SSSR count). The Hall–Kier alpha value is -0.820. The van der Waals surface area contributed by atoms with Gasteiger partial charge in [-0.3, -0.25) is 0 Å². The van der Waals surface area contributed by atoms with Gasteiger partial charge in [-0.25, -0.2) is 0 Å². The molecule has 1 unspecified atom stereocenters. The zero-order valence-corrected chi connectivity index (χ0v) is 13.0. The van der Waals surface area contributed by atoms with Gasteiger partial charge in [0.05, 0.1) is 0 Å². The van der Waals surface area contributed by atoms with Crippen LogP contribution in [0.2, 0.25) is 0 Å². The van der Waals surface area contributed by atoms with E-state index in [9.17, 15) is 0 Å². The van der Waals surface area contributed by atoms with Crippen molar-refractivity contribution in [3.63, 3.8) is 0 Å². The highest BCUT2D eigenvalue weighted by Gasteiger charge is 2.08. The van der Waals surface area contributed by atoms with E-state index in [4.69, 9.17) is 0 Å². The molecule has 1 heteroatoms. The maximum atomic E-state index is 3.46. The van der Waals surface area contributed by atoms with Crippen LogP contribution in [0.1, 0.15) is 75.5 Å². The maximum Gasteiger partial charge on any atom is 0.0317 e. The van der Waals surface area contributed by atoms with Crippen molar-refractivity contribution < 1.29 is 0 Å². The molecule has 0 aliphatic heterocycles. The molecule has 0 heterocycles. The average Bonchev–Trinajstić information content (AvgIpc) is 2.42. The first-order valence-electron chi connectivity index (χ1n) is 8.01. The average molecular weight is 261 g/mol. The number of nitrogens with one attached hydrogen (secondary N) is 1. The molecule has 0 aliphatic carbocycles. The summed E-state index contributed by atoms with van der Waals surface area (Å²) in [6, 6.07) is 9.41. The molecule has 0 saturated heterocycles. The van der Waals surface area contributed by atoms with Crippen molar-refractivity contribution in [2.45, 2.75) is 71.3 Å². The van der Waals surface area contributed by atoms with Crippen molar-refractivity contribution in [3.8, 4) is 0 Å². The van der Waals surface area contributed by atoms with Gasteiger partial charge >= 0.3 is 0 Å². The minimum atomic E-state index is 0.524. The van der Waals surface area contributed by atoms with E-state index in [0.717, 1.165) is 0 Å². The van der Waals surface area contributed by atoms with Crippen molar-refractivity contribution in [2.75, 3.05) is 7.05 Å². The number of hydrogen-bond acceptors (Lipinski definition) is 1. The lowest BCUT2D eigenvalue weighted by Gasteiger charge is -2.17. The standard InChI is InChI=1S/C18H31N/c1-4-5-6-7-8-9-10-14-18(19-3)17-13-11-12-16(2)15-17/h11-13,15,18-19H,4-10,14H2,1-3H3. The summed E-state index contributed by atoms with van der Waals surface area (Å²) in [6.45, 7) is 4.45. The summed E-state index contributed by atoms with van der Waals surface area (Å²) < 4.78 is 0. The van der Waals surface area contributed by atoms with Crippen molar-refractivity contribution in [3.05, 3.63) is 35.4 Å². The SMILES string of the molecule is CCCCCCCCCC(NC)c1cccc(C)c1.